The van der Waals surface area contributed by atoms with E-state index in [9.17, 15) is 9.59 Å². The van der Waals surface area contributed by atoms with Crippen LogP contribution in [0.1, 0.15) is 55.3 Å². The molecule has 2 unspecified atom stereocenters. The molecular weight excluding hydrogens is 290 g/mol. The monoisotopic (exact) mass is 315 g/mol. The molecule has 1 fully saturated rings. The van der Waals surface area contributed by atoms with Crippen LogP contribution in [0.2, 0.25) is 0 Å². The minimum absolute atomic E-state index is 0.0355. The van der Waals surface area contributed by atoms with Crippen molar-refractivity contribution < 1.29 is 14.7 Å². The van der Waals surface area contributed by atoms with E-state index in [0.29, 0.717) is 31.6 Å². The Morgan fingerprint density at radius 2 is 1.78 bits per heavy atom. The van der Waals surface area contributed by atoms with Crippen molar-refractivity contribution in [2.75, 3.05) is 0 Å². The van der Waals surface area contributed by atoms with Crippen LogP contribution in [0, 0.1) is 24.7 Å². The van der Waals surface area contributed by atoms with Crippen molar-refractivity contribution >= 4 is 11.9 Å². The number of benzene rings is 1. The molecule has 0 spiro atoms. The highest BCUT2D eigenvalue weighted by molar-refractivity contribution is 5.80. The van der Waals surface area contributed by atoms with Gasteiger partial charge in [-0.2, -0.15) is 0 Å². The Morgan fingerprint density at radius 1 is 1.13 bits per heavy atom. The minimum atomic E-state index is -0.724. The van der Waals surface area contributed by atoms with Crippen molar-refractivity contribution in [2.24, 2.45) is 17.8 Å². The van der Waals surface area contributed by atoms with E-state index in [0.717, 1.165) is 6.42 Å². The Balaban J connectivity index is 1.65. The second-order valence-electron chi connectivity index (χ2n) is 7.26. The zero-order valence-electron chi connectivity index (χ0n) is 13.8. The van der Waals surface area contributed by atoms with Gasteiger partial charge in [-0.05, 0) is 56.1 Å². The average Bonchev–Trinajstić information content (AvgIpc) is 2.83. The standard InChI is InChI=1S/C19H25NO3/c1-11-3-4-15-10-12(2)17(16(15)9-11)20-18(21)13-5-7-14(8-6-13)19(22)23/h3-4,9,12-14,17H,5-8,10H2,1-2H3,(H,20,21)(H,22,23). The van der Waals surface area contributed by atoms with Crippen LogP contribution in [0.5, 0.6) is 0 Å². The van der Waals surface area contributed by atoms with Gasteiger partial charge in [-0.15, -0.1) is 0 Å². The maximum absolute atomic E-state index is 12.6. The molecule has 0 radical (unpaired) electrons. The average molecular weight is 315 g/mol. The van der Waals surface area contributed by atoms with E-state index in [4.69, 9.17) is 5.11 Å². The van der Waals surface area contributed by atoms with Crippen LogP contribution >= 0.6 is 0 Å². The number of nitrogens with one attached hydrogen (secondary N) is 1. The zero-order chi connectivity index (χ0) is 16.6. The molecule has 0 heterocycles. The van der Waals surface area contributed by atoms with Crippen molar-refractivity contribution in [3.8, 4) is 0 Å². The maximum atomic E-state index is 12.6. The van der Waals surface area contributed by atoms with Crippen molar-refractivity contribution in [3.05, 3.63) is 34.9 Å². The lowest BCUT2D eigenvalue weighted by Gasteiger charge is -2.28. The molecule has 1 aromatic rings. The minimum Gasteiger partial charge on any atom is -0.481 e. The van der Waals surface area contributed by atoms with Gasteiger partial charge in [0, 0.05) is 5.92 Å². The molecule has 23 heavy (non-hydrogen) atoms. The summed E-state index contributed by atoms with van der Waals surface area (Å²) in [6.07, 6.45) is 3.61. The molecule has 0 bridgehead atoms. The third-order valence-electron chi connectivity index (χ3n) is 5.49. The first-order valence-electron chi connectivity index (χ1n) is 8.58. The number of carboxylic acids is 1. The largest absolute Gasteiger partial charge is 0.481 e. The Labute approximate surface area is 137 Å². The molecule has 2 atom stereocenters. The summed E-state index contributed by atoms with van der Waals surface area (Å²) in [6, 6.07) is 6.58. The molecule has 1 amide bonds. The molecule has 124 valence electrons. The van der Waals surface area contributed by atoms with Crippen molar-refractivity contribution in [2.45, 2.75) is 52.0 Å². The molecule has 0 aliphatic heterocycles. The van der Waals surface area contributed by atoms with Gasteiger partial charge in [0.25, 0.3) is 0 Å². The van der Waals surface area contributed by atoms with Crippen LogP contribution in [-0.4, -0.2) is 17.0 Å². The molecule has 3 rings (SSSR count). The topological polar surface area (TPSA) is 66.4 Å². The highest BCUT2D eigenvalue weighted by atomic mass is 16.4. The molecule has 2 aliphatic rings. The predicted octanol–water partition coefficient (Wildman–Crippen LogP) is 3.24. The Morgan fingerprint density at radius 3 is 2.43 bits per heavy atom. The van der Waals surface area contributed by atoms with Gasteiger partial charge in [0.2, 0.25) is 5.91 Å². The number of hydrogen-bond acceptors (Lipinski definition) is 2. The molecule has 4 heteroatoms. The number of hydrogen-bond donors (Lipinski definition) is 2. The number of carbonyl (C=O) groups is 2. The first kappa shape index (κ1) is 16.0. The highest BCUT2D eigenvalue weighted by Gasteiger charge is 2.34. The molecule has 2 N–H and O–H groups in total. The summed E-state index contributed by atoms with van der Waals surface area (Å²) in [5.41, 5.74) is 3.81. The Bertz CT molecular complexity index is 617. The van der Waals surface area contributed by atoms with E-state index in [1.807, 2.05) is 0 Å². The summed E-state index contributed by atoms with van der Waals surface area (Å²) in [5.74, 6) is -0.525. The second kappa shape index (κ2) is 6.34. The molecular formula is C19H25NO3. The van der Waals surface area contributed by atoms with Crippen LogP contribution in [0.15, 0.2) is 18.2 Å². The molecule has 2 aliphatic carbocycles. The van der Waals surface area contributed by atoms with Crippen LogP contribution in [0.3, 0.4) is 0 Å². The zero-order valence-corrected chi connectivity index (χ0v) is 13.8. The Hall–Kier alpha value is -1.84. The summed E-state index contributed by atoms with van der Waals surface area (Å²) in [7, 11) is 0. The summed E-state index contributed by atoms with van der Waals surface area (Å²) in [5, 5.41) is 12.3. The van der Waals surface area contributed by atoms with Crippen LogP contribution in [0.4, 0.5) is 0 Å². The lowest BCUT2D eigenvalue weighted by Crippen LogP contribution is -2.37. The summed E-state index contributed by atoms with van der Waals surface area (Å²) >= 11 is 0. The first-order chi connectivity index (χ1) is 11.0. The predicted molar refractivity (Wildman–Crippen MR) is 88.0 cm³/mol. The van der Waals surface area contributed by atoms with E-state index in [1.54, 1.807) is 0 Å². The molecule has 0 aromatic heterocycles. The van der Waals surface area contributed by atoms with Crippen LogP contribution in [-0.2, 0) is 16.0 Å². The highest BCUT2D eigenvalue weighted by Crippen LogP contribution is 2.37. The van der Waals surface area contributed by atoms with Gasteiger partial charge in [0.1, 0.15) is 0 Å². The number of rotatable bonds is 3. The first-order valence-corrected chi connectivity index (χ1v) is 8.58. The fourth-order valence-electron chi connectivity index (χ4n) is 4.05. The summed E-state index contributed by atoms with van der Waals surface area (Å²) in [6.45, 7) is 4.26. The molecule has 1 aromatic carbocycles. The van der Waals surface area contributed by atoms with Gasteiger partial charge in [-0.1, -0.05) is 30.7 Å². The number of aliphatic carboxylic acids is 1. The number of amides is 1. The lowest BCUT2D eigenvalue weighted by molar-refractivity contribution is -0.144. The fourth-order valence-corrected chi connectivity index (χ4v) is 4.05. The van der Waals surface area contributed by atoms with E-state index in [-0.39, 0.29) is 23.8 Å². The number of carboxylic acid groups (broad SMARTS) is 1. The quantitative estimate of drug-likeness (QED) is 0.900. The van der Waals surface area contributed by atoms with E-state index >= 15 is 0 Å². The third-order valence-corrected chi connectivity index (χ3v) is 5.49. The van der Waals surface area contributed by atoms with E-state index < -0.39 is 5.97 Å². The third kappa shape index (κ3) is 3.26. The SMILES string of the molecule is Cc1ccc2c(c1)C(NC(=O)C1CCC(C(=O)O)CC1)C(C)C2. The van der Waals surface area contributed by atoms with E-state index in [1.165, 1.54) is 16.7 Å². The van der Waals surface area contributed by atoms with Gasteiger partial charge >= 0.3 is 5.97 Å². The fraction of sp³-hybridized carbons (Fsp3) is 0.579. The van der Waals surface area contributed by atoms with Crippen LogP contribution in [0.25, 0.3) is 0 Å². The van der Waals surface area contributed by atoms with Gasteiger partial charge in [-0.25, -0.2) is 0 Å². The molecule has 4 nitrogen and oxygen atoms in total. The Kier molecular flexibility index (Phi) is 4.42. The maximum Gasteiger partial charge on any atom is 0.306 e. The normalized spacial score (nSPS) is 29.8. The molecule has 1 saturated carbocycles. The number of carbonyl (C=O) groups excluding carboxylic acids is 1. The van der Waals surface area contributed by atoms with Crippen molar-refractivity contribution in [1.82, 2.24) is 5.32 Å². The molecule has 0 saturated heterocycles. The lowest BCUT2D eigenvalue weighted by atomic mass is 9.81. The van der Waals surface area contributed by atoms with E-state index in [2.05, 4.69) is 37.4 Å². The number of fused-ring (bicyclic) bond motifs is 1. The van der Waals surface area contributed by atoms with Gasteiger partial charge in [0.15, 0.2) is 0 Å². The number of aryl methyl sites for hydroxylation is 1. The smallest absolute Gasteiger partial charge is 0.306 e. The van der Waals surface area contributed by atoms with Gasteiger partial charge < -0.3 is 10.4 Å². The van der Waals surface area contributed by atoms with Crippen molar-refractivity contribution in [3.63, 3.8) is 0 Å². The van der Waals surface area contributed by atoms with Gasteiger partial charge in [0.05, 0.1) is 12.0 Å². The van der Waals surface area contributed by atoms with Crippen LogP contribution < -0.4 is 5.32 Å². The van der Waals surface area contributed by atoms with Crippen molar-refractivity contribution in [1.29, 1.82) is 0 Å². The van der Waals surface area contributed by atoms with Gasteiger partial charge in [-0.3, -0.25) is 9.59 Å². The summed E-state index contributed by atoms with van der Waals surface area (Å²) < 4.78 is 0. The summed E-state index contributed by atoms with van der Waals surface area (Å²) in [4.78, 5) is 23.6. The second-order valence-corrected chi connectivity index (χ2v) is 7.26.